The molecule has 0 aromatic heterocycles. The zero-order chi connectivity index (χ0) is 12.6. The highest BCUT2D eigenvalue weighted by molar-refractivity contribution is 5.78. The molecule has 0 spiro atoms. The minimum absolute atomic E-state index is 0.128. The van der Waals surface area contributed by atoms with Crippen LogP contribution in [-0.4, -0.2) is 23.7 Å². The maximum absolute atomic E-state index is 11.5. The van der Waals surface area contributed by atoms with Crippen molar-refractivity contribution in [3.8, 4) is 0 Å². The summed E-state index contributed by atoms with van der Waals surface area (Å²) in [5.41, 5.74) is 0. The fourth-order valence-electron chi connectivity index (χ4n) is 1.55. The minimum Gasteiger partial charge on any atom is -0.481 e. The van der Waals surface area contributed by atoms with Crippen LogP contribution < -0.4 is 0 Å². The van der Waals surface area contributed by atoms with Crippen LogP contribution in [0.3, 0.4) is 0 Å². The highest BCUT2D eigenvalue weighted by Gasteiger charge is 2.22. The van der Waals surface area contributed by atoms with Crippen molar-refractivity contribution < 1.29 is 19.4 Å². The van der Waals surface area contributed by atoms with E-state index in [-0.39, 0.29) is 12.4 Å². The molecule has 94 valence electrons. The van der Waals surface area contributed by atoms with Gasteiger partial charge in [-0.05, 0) is 19.3 Å². The SMILES string of the molecule is CCOC(=O)C(CCCC(C)C)CC(=O)O. The molecule has 0 aliphatic carbocycles. The number of hydrogen-bond donors (Lipinski definition) is 1. The molecule has 0 rings (SSSR count). The summed E-state index contributed by atoms with van der Waals surface area (Å²) < 4.78 is 4.86. The fourth-order valence-corrected chi connectivity index (χ4v) is 1.55. The second kappa shape index (κ2) is 8.13. The number of hydrogen-bond acceptors (Lipinski definition) is 3. The first-order chi connectivity index (χ1) is 7.47. The van der Waals surface area contributed by atoms with E-state index < -0.39 is 11.9 Å². The van der Waals surface area contributed by atoms with Crippen LogP contribution in [0.2, 0.25) is 0 Å². The summed E-state index contributed by atoms with van der Waals surface area (Å²) in [4.78, 5) is 22.1. The molecule has 0 saturated carbocycles. The van der Waals surface area contributed by atoms with Gasteiger partial charge < -0.3 is 9.84 Å². The molecule has 0 bridgehead atoms. The van der Waals surface area contributed by atoms with Crippen molar-refractivity contribution in [1.29, 1.82) is 0 Å². The van der Waals surface area contributed by atoms with E-state index in [0.29, 0.717) is 18.9 Å². The van der Waals surface area contributed by atoms with Crippen molar-refractivity contribution in [1.82, 2.24) is 0 Å². The predicted octanol–water partition coefficient (Wildman–Crippen LogP) is 2.47. The molecule has 1 N–H and O–H groups in total. The van der Waals surface area contributed by atoms with Crippen LogP contribution in [-0.2, 0) is 14.3 Å². The van der Waals surface area contributed by atoms with Crippen molar-refractivity contribution in [2.75, 3.05) is 6.61 Å². The lowest BCUT2D eigenvalue weighted by atomic mass is 9.96. The molecular weight excluding hydrogens is 208 g/mol. The Morgan fingerprint density at radius 2 is 1.88 bits per heavy atom. The van der Waals surface area contributed by atoms with Gasteiger partial charge in [-0.2, -0.15) is 0 Å². The predicted molar refractivity (Wildman–Crippen MR) is 61.1 cm³/mol. The Morgan fingerprint density at radius 1 is 1.25 bits per heavy atom. The summed E-state index contributed by atoms with van der Waals surface area (Å²) in [6, 6.07) is 0. The van der Waals surface area contributed by atoms with E-state index in [9.17, 15) is 9.59 Å². The Kier molecular flexibility index (Phi) is 7.60. The number of ether oxygens (including phenoxy) is 1. The molecule has 4 nitrogen and oxygen atoms in total. The van der Waals surface area contributed by atoms with Crippen molar-refractivity contribution in [2.24, 2.45) is 11.8 Å². The third-order valence-corrected chi connectivity index (χ3v) is 2.38. The van der Waals surface area contributed by atoms with E-state index in [1.54, 1.807) is 6.92 Å². The van der Waals surface area contributed by atoms with Gasteiger partial charge in [-0.25, -0.2) is 0 Å². The van der Waals surface area contributed by atoms with Gasteiger partial charge in [0.05, 0.1) is 18.9 Å². The number of carboxylic acids is 1. The second-order valence-electron chi connectivity index (χ2n) is 4.37. The normalized spacial score (nSPS) is 12.5. The maximum Gasteiger partial charge on any atom is 0.309 e. The van der Waals surface area contributed by atoms with Gasteiger partial charge in [0, 0.05) is 0 Å². The van der Waals surface area contributed by atoms with Gasteiger partial charge in [0.1, 0.15) is 0 Å². The lowest BCUT2D eigenvalue weighted by Gasteiger charge is -2.13. The minimum atomic E-state index is -0.942. The number of esters is 1. The summed E-state index contributed by atoms with van der Waals surface area (Å²) in [6.07, 6.45) is 2.35. The Labute approximate surface area is 97.0 Å². The second-order valence-corrected chi connectivity index (χ2v) is 4.37. The smallest absolute Gasteiger partial charge is 0.309 e. The van der Waals surface area contributed by atoms with Gasteiger partial charge in [0.2, 0.25) is 0 Å². The highest BCUT2D eigenvalue weighted by atomic mass is 16.5. The Morgan fingerprint density at radius 3 is 2.31 bits per heavy atom. The third kappa shape index (κ3) is 7.26. The van der Waals surface area contributed by atoms with Crippen LogP contribution in [0.25, 0.3) is 0 Å². The zero-order valence-corrected chi connectivity index (χ0v) is 10.4. The highest BCUT2D eigenvalue weighted by Crippen LogP contribution is 2.17. The van der Waals surface area contributed by atoms with Crippen LogP contribution in [0, 0.1) is 11.8 Å². The summed E-state index contributed by atoms with van der Waals surface area (Å²) >= 11 is 0. The van der Waals surface area contributed by atoms with Crippen LogP contribution >= 0.6 is 0 Å². The van der Waals surface area contributed by atoms with Gasteiger partial charge in [-0.1, -0.05) is 26.7 Å². The number of carboxylic acid groups (broad SMARTS) is 1. The standard InChI is InChI=1S/C12H22O4/c1-4-16-12(15)10(8-11(13)14)7-5-6-9(2)3/h9-10H,4-8H2,1-3H3,(H,13,14). The average Bonchev–Trinajstić information content (AvgIpc) is 2.15. The molecule has 0 aromatic rings. The van der Waals surface area contributed by atoms with Crippen molar-refractivity contribution in [2.45, 2.75) is 46.5 Å². The topological polar surface area (TPSA) is 63.6 Å². The summed E-state index contributed by atoms with van der Waals surface area (Å²) in [5, 5.41) is 8.70. The molecule has 0 aliphatic rings. The van der Waals surface area contributed by atoms with E-state index in [2.05, 4.69) is 13.8 Å². The van der Waals surface area contributed by atoms with E-state index in [1.807, 2.05) is 0 Å². The van der Waals surface area contributed by atoms with Crippen molar-refractivity contribution >= 4 is 11.9 Å². The van der Waals surface area contributed by atoms with Crippen LogP contribution in [0.15, 0.2) is 0 Å². The Balaban J connectivity index is 4.09. The van der Waals surface area contributed by atoms with E-state index in [1.165, 1.54) is 0 Å². The van der Waals surface area contributed by atoms with Crippen molar-refractivity contribution in [3.05, 3.63) is 0 Å². The molecule has 0 saturated heterocycles. The molecule has 0 radical (unpaired) electrons. The van der Waals surface area contributed by atoms with E-state index in [4.69, 9.17) is 9.84 Å². The van der Waals surface area contributed by atoms with Crippen LogP contribution in [0.4, 0.5) is 0 Å². The van der Waals surface area contributed by atoms with Crippen LogP contribution in [0.1, 0.15) is 46.5 Å². The van der Waals surface area contributed by atoms with Crippen molar-refractivity contribution in [3.63, 3.8) is 0 Å². The lowest BCUT2D eigenvalue weighted by Crippen LogP contribution is -2.21. The van der Waals surface area contributed by atoms with Gasteiger partial charge >= 0.3 is 11.9 Å². The zero-order valence-electron chi connectivity index (χ0n) is 10.4. The monoisotopic (exact) mass is 230 g/mol. The van der Waals surface area contributed by atoms with Gasteiger partial charge in [-0.3, -0.25) is 9.59 Å². The first-order valence-electron chi connectivity index (χ1n) is 5.85. The summed E-state index contributed by atoms with van der Waals surface area (Å²) in [5.74, 6) is -1.24. The molecule has 0 amide bonds. The molecule has 0 heterocycles. The van der Waals surface area contributed by atoms with Gasteiger partial charge in [0.15, 0.2) is 0 Å². The molecule has 1 unspecified atom stereocenters. The molecule has 0 fully saturated rings. The molecule has 4 heteroatoms. The average molecular weight is 230 g/mol. The maximum atomic E-state index is 11.5. The number of carbonyl (C=O) groups is 2. The Bertz CT molecular complexity index is 223. The van der Waals surface area contributed by atoms with Crippen LogP contribution in [0.5, 0.6) is 0 Å². The largest absolute Gasteiger partial charge is 0.481 e. The fraction of sp³-hybridized carbons (Fsp3) is 0.833. The first-order valence-corrected chi connectivity index (χ1v) is 5.85. The number of aliphatic carboxylic acids is 1. The summed E-state index contributed by atoms with van der Waals surface area (Å²) in [6.45, 7) is 6.25. The Hall–Kier alpha value is -1.06. The number of carbonyl (C=O) groups excluding carboxylic acids is 1. The van der Waals surface area contributed by atoms with Gasteiger partial charge in [0.25, 0.3) is 0 Å². The molecule has 0 aliphatic heterocycles. The van der Waals surface area contributed by atoms with E-state index in [0.717, 1.165) is 12.8 Å². The van der Waals surface area contributed by atoms with Gasteiger partial charge in [-0.15, -0.1) is 0 Å². The molecule has 1 atom stereocenters. The first kappa shape index (κ1) is 14.9. The third-order valence-electron chi connectivity index (χ3n) is 2.38. The van der Waals surface area contributed by atoms with E-state index >= 15 is 0 Å². The summed E-state index contributed by atoms with van der Waals surface area (Å²) in [7, 11) is 0. The quantitative estimate of drug-likeness (QED) is 0.650. The molecule has 16 heavy (non-hydrogen) atoms. The number of rotatable bonds is 8. The lowest BCUT2D eigenvalue weighted by molar-refractivity contribution is -0.153. The molecular formula is C12H22O4. The molecule has 0 aromatic carbocycles.